The summed E-state index contributed by atoms with van der Waals surface area (Å²) in [6, 6.07) is 0. The standard InChI is InChI=1S/C9H16.2C5H5.Zr/c1-4-6-7-8-9(3)5-2;2*1-2-4-5-3-1;/h5,7-8H,4,6H2,1-3H3;2*1-5H;. The van der Waals surface area contributed by atoms with E-state index in [1.165, 1.54) is 18.4 Å². The quantitative estimate of drug-likeness (QED) is 0.605. The van der Waals surface area contributed by atoms with E-state index < -0.39 is 0 Å². The second-order valence-electron chi connectivity index (χ2n) is 4.15. The molecular formula is C19H26Zr. The molecular weight excluding hydrogens is 319 g/mol. The second kappa shape index (κ2) is 19.4. The molecule has 0 bridgehead atoms. The van der Waals surface area contributed by atoms with E-state index in [1.54, 1.807) is 0 Å². The molecule has 2 saturated carbocycles. The monoisotopic (exact) mass is 344 g/mol. The van der Waals surface area contributed by atoms with E-state index in [0.29, 0.717) is 0 Å². The van der Waals surface area contributed by atoms with Crippen LogP contribution in [0.1, 0.15) is 33.6 Å². The number of hydrogen-bond acceptors (Lipinski definition) is 0. The van der Waals surface area contributed by atoms with Gasteiger partial charge in [0, 0.05) is 26.2 Å². The molecule has 0 spiro atoms. The molecule has 0 aromatic heterocycles. The summed E-state index contributed by atoms with van der Waals surface area (Å²) in [4.78, 5) is 0. The van der Waals surface area contributed by atoms with Crippen molar-refractivity contribution in [2.75, 3.05) is 0 Å². The Morgan fingerprint density at radius 2 is 1.15 bits per heavy atom. The molecule has 2 aliphatic carbocycles. The van der Waals surface area contributed by atoms with Crippen molar-refractivity contribution in [2.24, 2.45) is 0 Å². The van der Waals surface area contributed by atoms with Gasteiger partial charge < -0.3 is 0 Å². The van der Waals surface area contributed by atoms with Gasteiger partial charge in [0.25, 0.3) is 0 Å². The van der Waals surface area contributed by atoms with Crippen LogP contribution in [0.3, 0.4) is 0 Å². The average Bonchev–Trinajstić information content (AvgIpc) is 3.15. The SMILES string of the molecule is CC=C(C)C=CCCC.[CH]1[CH][CH][CH][CH]1.[CH]1[CH][CH][CH][CH]1.[Zr]. The Kier molecular flexibility index (Phi) is 21.9. The van der Waals surface area contributed by atoms with Crippen LogP contribution in [-0.4, -0.2) is 0 Å². The third-order valence-corrected chi connectivity index (χ3v) is 2.40. The van der Waals surface area contributed by atoms with E-state index in [1.807, 2.05) is 64.2 Å². The van der Waals surface area contributed by atoms with E-state index >= 15 is 0 Å². The van der Waals surface area contributed by atoms with Crippen LogP contribution in [0.25, 0.3) is 0 Å². The van der Waals surface area contributed by atoms with Crippen LogP contribution in [0.15, 0.2) is 23.8 Å². The maximum atomic E-state index is 2.22. The first-order valence-corrected chi connectivity index (χ1v) is 6.94. The van der Waals surface area contributed by atoms with Gasteiger partial charge in [-0.3, -0.25) is 0 Å². The minimum atomic E-state index is 0. The summed E-state index contributed by atoms with van der Waals surface area (Å²) in [5.41, 5.74) is 1.35. The molecule has 2 aliphatic rings. The predicted octanol–water partition coefficient (Wildman–Crippen LogP) is 5.35. The summed E-state index contributed by atoms with van der Waals surface area (Å²) in [6.07, 6.45) is 28.9. The van der Waals surface area contributed by atoms with Crippen molar-refractivity contribution in [2.45, 2.75) is 33.6 Å². The van der Waals surface area contributed by atoms with Crippen molar-refractivity contribution < 1.29 is 26.2 Å². The Morgan fingerprint density at radius 3 is 1.40 bits per heavy atom. The molecule has 10 radical (unpaired) electrons. The van der Waals surface area contributed by atoms with E-state index in [9.17, 15) is 0 Å². The molecule has 20 heavy (non-hydrogen) atoms. The Hall–Kier alpha value is 0.363. The second-order valence-corrected chi connectivity index (χ2v) is 4.15. The molecule has 0 amide bonds. The third-order valence-electron chi connectivity index (χ3n) is 2.40. The number of unbranched alkanes of at least 4 members (excludes halogenated alkanes) is 1. The first-order valence-electron chi connectivity index (χ1n) is 6.94. The first kappa shape index (κ1) is 22.6. The molecule has 2 rings (SSSR count). The van der Waals surface area contributed by atoms with Crippen molar-refractivity contribution >= 4 is 0 Å². The van der Waals surface area contributed by atoms with Crippen molar-refractivity contribution in [1.29, 1.82) is 0 Å². The summed E-state index contributed by atoms with van der Waals surface area (Å²) in [5, 5.41) is 0. The molecule has 0 aromatic rings. The normalized spacial score (nSPS) is 17.9. The molecule has 106 valence electrons. The van der Waals surface area contributed by atoms with Crippen LogP contribution in [0.2, 0.25) is 0 Å². The maximum Gasteiger partial charge on any atom is 0 e. The Balaban J connectivity index is 0. The van der Waals surface area contributed by atoms with Gasteiger partial charge in [-0.1, -0.05) is 37.1 Å². The van der Waals surface area contributed by atoms with Crippen LogP contribution >= 0.6 is 0 Å². The maximum absolute atomic E-state index is 2.22. The third kappa shape index (κ3) is 18.4. The molecule has 0 heterocycles. The Morgan fingerprint density at radius 1 is 0.800 bits per heavy atom. The number of allylic oxidation sites excluding steroid dienone is 4. The fourth-order valence-electron chi connectivity index (χ4n) is 1.17. The summed E-state index contributed by atoms with van der Waals surface area (Å²) in [6.45, 7) is 6.37. The van der Waals surface area contributed by atoms with E-state index in [0.717, 1.165) is 0 Å². The van der Waals surface area contributed by atoms with Gasteiger partial charge in [0.05, 0.1) is 0 Å². The molecule has 2 fully saturated rings. The van der Waals surface area contributed by atoms with Crippen molar-refractivity contribution in [1.82, 2.24) is 0 Å². The van der Waals surface area contributed by atoms with Crippen LogP contribution in [0, 0.1) is 64.2 Å². The van der Waals surface area contributed by atoms with Gasteiger partial charge in [-0.05, 0) is 84.5 Å². The van der Waals surface area contributed by atoms with Crippen LogP contribution < -0.4 is 0 Å². The zero-order valence-electron chi connectivity index (χ0n) is 12.9. The number of rotatable bonds is 3. The van der Waals surface area contributed by atoms with E-state index in [-0.39, 0.29) is 26.2 Å². The molecule has 1 heteroatoms. The molecule has 0 nitrogen and oxygen atoms in total. The summed E-state index contributed by atoms with van der Waals surface area (Å²) >= 11 is 0. The van der Waals surface area contributed by atoms with E-state index in [2.05, 4.69) is 39.0 Å². The smallest absolute Gasteiger partial charge is 0 e. The van der Waals surface area contributed by atoms with Crippen LogP contribution in [0.5, 0.6) is 0 Å². The van der Waals surface area contributed by atoms with Crippen LogP contribution in [-0.2, 0) is 26.2 Å². The van der Waals surface area contributed by atoms with Gasteiger partial charge in [0.1, 0.15) is 0 Å². The zero-order chi connectivity index (χ0) is 14.2. The first-order chi connectivity index (χ1) is 9.31. The fraction of sp³-hybridized carbons (Fsp3) is 0.263. The molecule has 0 saturated heterocycles. The van der Waals surface area contributed by atoms with Gasteiger partial charge in [-0.2, -0.15) is 0 Å². The fourth-order valence-corrected chi connectivity index (χ4v) is 1.17. The van der Waals surface area contributed by atoms with Crippen molar-refractivity contribution in [3.8, 4) is 0 Å². The van der Waals surface area contributed by atoms with Crippen molar-refractivity contribution in [3.63, 3.8) is 0 Å². The summed E-state index contributed by atoms with van der Waals surface area (Å²) in [5.74, 6) is 0. The average molecular weight is 346 g/mol. The minimum Gasteiger partial charge on any atom is -0.0847 e. The predicted molar refractivity (Wildman–Crippen MR) is 86.5 cm³/mol. The Bertz CT molecular complexity index is 195. The van der Waals surface area contributed by atoms with Gasteiger partial charge >= 0.3 is 0 Å². The molecule has 0 aromatic carbocycles. The van der Waals surface area contributed by atoms with Crippen molar-refractivity contribution in [3.05, 3.63) is 88.0 Å². The van der Waals surface area contributed by atoms with Gasteiger partial charge in [-0.25, -0.2) is 0 Å². The Labute approximate surface area is 147 Å². The van der Waals surface area contributed by atoms with E-state index in [4.69, 9.17) is 0 Å². The van der Waals surface area contributed by atoms with Gasteiger partial charge in [0.2, 0.25) is 0 Å². The molecule has 0 atom stereocenters. The minimum absolute atomic E-state index is 0. The molecule has 0 aliphatic heterocycles. The summed E-state index contributed by atoms with van der Waals surface area (Å²) in [7, 11) is 0. The topological polar surface area (TPSA) is 0 Å². The largest absolute Gasteiger partial charge is 0.0847 e. The van der Waals surface area contributed by atoms with Gasteiger partial charge in [0.15, 0.2) is 0 Å². The molecule has 0 N–H and O–H groups in total. The van der Waals surface area contributed by atoms with Gasteiger partial charge in [-0.15, -0.1) is 0 Å². The van der Waals surface area contributed by atoms with Crippen LogP contribution in [0.4, 0.5) is 0 Å². The number of hydrogen-bond donors (Lipinski definition) is 0. The summed E-state index contributed by atoms with van der Waals surface area (Å²) < 4.78 is 0. The zero-order valence-corrected chi connectivity index (χ0v) is 15.4. The molecule has 0 unspecified atom stereocenters.